The largest absolute Gasteiger partial charge is 0.396 e. The van der Waals surface area contributed by atoms with Crippen molar-refractivity contribution in [3.8, 4) is 6.07 Å². The van der Waals surface area contributed by atoms with E-state index in [0.29, 0.717) is 17.3 Å². The summed E-state index contributed by atoms with van der Waals surface area (Å²) in [5.74, 6) is 0.896. The van der Waals surface area contributed by atoms with E-state index in [1.54, 1.807) is 6.07 Å². The number of rotatable bonds is 3. The van der Waals surface area contributed by atoms with E-state index in [2.05, 4.69) is 24.9 Å². The minimum atomic E-state index is 0.555. The van der Waals surface area contributed by atoms with E-state index in [4.69, 9.17) is 11.0 Å². The molecule has 0 amide bonds. The second-order valence-corrected chi connectivity index (χ2v) is 5.54. The highest BCUT2D eigenvalue weighted by molar-refractivity contribution is 5.74. The average molecular weight is 257 g/mol. The Labute approximate surface area is 116 Å². The number of nitriles is 1. The van der Waals surface area contributed by atoms with Crippen molar-refractivity contribution in [1.29, 1.82) is 5.26 Å². The molecule has 0 aromatic heterocycles. The van der Waals surface area contributed by atoms with Crippen LogP contribution in [0.5, 0.6) is 0 Å². The van der Waals surface area contributed by atoms with Crippen LogP contribution in [0.4, 0.5) is 11.4 Å². The number of hydrogen-bond acceptors (Lipinski definition) is 3. The van der Waals surface area contributed by atoms with Crippen LogP contribution < -0.4 is 10.6 Å². The normalized spacial score (nSPS) is 22.8. The van der Waals surface area contributed by atoms with E-state index in [1.165, 1.54) is 32.1 Å². The summed E-state index contributed by atoms with van der Waals surface area (Å²) >= 11 is 0. The van der Waals surface area contributed by atoms with Crippen LogP contribution in [0.2, 0.25) is 0 Å². The molecule has 102 valence electrons. The lowest BCUT2D eigenvalue weighted by molar-refractivity contribution is 0.313. The summed E-state index contributed by atoms with van der Waals surface area (Å²) in [6.07, 6.45) is 6.37. The first-order valence-electron chi connectivity index (χ1n) is 7.18. The van der Waals surface area contributed by atoms with Crippen LogP contribution in [0, 0.1) is 17.2 Å². The monoisotopic (exact) mass is 257 g/mol. The Kier molecular flexibility index (Phi) is 4.31. The van der Waals surface area contributed by atoms with Crippen LogP contribution in [0.15, 0.2) is 18.2 Å². The van der Waals surface area contributed by atoms with Crippen LogP contribution in [0.25, 0.3) is 0 Å². The molecule has 2 N–H and O–H groups in total. The zero-order chi connectivity index (χ0) is 13.8. The maximum atomic E-state index is 9.05. The molecular weight excluding hydrogens is 234 g/mol. The highest BCUT2D eigenvalue weighted by Gasteiger charge is 2.24. The molecule has 0 aliphatic heterocycles. The molecule has 19 heavy (non-hydrogen) atoms. The van der Waals surface area contributed by atoms with Crippen LogP contribution in [-0.4, -0.2) is 13.1 Å². The minimum Gasteiger partial charge on any atom is -0.396 e. The molecule has 0 spiro atoms. The second-order valence-electron chi connectivity index (χ2n) is 5.54. The first kappa shape index (κ1) is 13.7. The molecule has 3 nitrogen and oxygen atoms in total. The van der Waals surface area contributed by atoms with Crippen molar-refractivity contribution in [2.24, 2.45) is 5.92 Å². The molecule has 1 aliphatic rings. The van der Waals surface area contributed by atoms with Gasteiger partial charge in [-0.15, -0.1) is 0 Å². The van der Waals surface area contributed by atoms with Gasteiger partial charge in [-0.05, 0) is 43.7 Å². The number of para-hydroxylation sites is 1. The van der Waals surface area contributed by atoms with Crippen LogP contribution in [0.3, 0.4) is 0 Å². The number of nitrogens with zero attached hydrogens (tertiary/aromatic N) is 2. The van der Waals surface area contributed by atoms with Gasteiger partial charge in [0.15, 0.2) is 0 Å². The van der Waals surface area contributed by atoms with E-state index >= 15 is 0 Å². The number of nitrogens with two attached hydrogens (primary N) is 1. The molecule has 1 fully saturated rings. The van der Waals surface area contributed by atoms with Crippen molar-refractivity contribution >= 4 is 11.4 Å². The molecule has 2 rings (SSSR count). The van der Waals surface area contributed by atoms with Crippen molar-refractivity contribution in [3.05, 3.63) is 23.8 Å². The first-order chi connectivity index (χ1) is 9.17. The summed E-state index contributed by atoms with van der Waals surface area (Å²) in [5, 5.41) is 9.05. The number of anilines is 2. The van der Waals surface area contributed by atoms with Crippen LogP contribution in [-0.2, 0) is 0 Å². The van der Waals surface area contributed by atoms with Crippen molar-refractivity contribution < 1.29 is 0 Å². The lowest BCUT2D eigenvalue weighted by atomic mass is 9.84. The van der Waals surface area contributed by atoms with Crippen molar-refractivity contribution in [1.82, 2.24) is 0 Å². The molecule has 0 heterocycles. The fourth-order valence-corrected chi connectivity index (χ4v) is 3.10. The van der Waals surface area contributed by atoms with Gasteiger partial charge in [0.1, 0.15) is 6.07 Å². The summed E-state index contributed by atoms with van der Waals surface area (Å²) in [5.41, 5.74) is 8.28. The van der Waals surface area contributed by atoms with Gasteiger partial charge in [0.25, 0.3) is 0 Å². The molecule has 3 heteroatoms. The van der Waals surface area contributed by atoms with Crippen molar-refractivity contribution in [3.63, 3.8) is 0 Å². The molecule has 0 saturated heterocycles. The standard InChI is InChI=1S/C16H23N3/c1-3-12-7-9-14(10-8-12)19(2)15-6-4-5-13(11-17)16(15)18/h4-6,12,14H,3,7-10,18H2,1-2H3. The Balaban J connectivity index is 2.13. The zero-order valence-corrected chi connectivity index (χ0v) is 11.9. The Morgan fingerprint density at radius 2 is 2.00 bits per heavy atom. The third kappa shape index (κ3) is 2.84. The van der Waals surface area contributed by atoms with E-state index in [9.17, 15) is 0 Å². The highest BCUT2D eigenvalue weighted by atomic mass is 15.1. The quantitative estimate of drug-likeness (QED) is 0.842. The predicted octanol–water partition coefficient (Wildman–Crippen LogP) is 3.55. The van der Waals surface area contributed by atoms with E-state index < -0.39 is 0 Å². The number of nitrogen functional groups attached to an aromatic ring is 1. The number of hydrogen-bond donors (Lipinski definition) is 1. The summed E-state index contributed by atoms with van der Waals surface area (Å²) in [4.78, 5) is 2.27. The molecular formula is C16H23N3. The van der Waals surface area contributed by atoms with Gasteiger partial charge in [-0.1, -0.05) is 19.4 Å². The van der Waals surface area contributed by atoms with Gasteiger partial charge in [0, 0.05) is 13.1 Å². The minimum absolute atomic E-state index is 0.555. The molecule has 1 saturated carbocycles. The molecule has 1 aliphatic carbocycles. The third-order valence-corrected chi connectivity index (χ3v) is 4.52. The molecule has 0 radical (unpaired) electrons. The van der Waals surface area contributed by atoms with E-state index in [-0.39, 0.29) is 0 Å². The maximum Gasteiger partial charge on any atom is 0.101 e. The third-order valence-electron chi connectivity index (χ3n) is 4.52. The SMILES string of the molecule is CCC1CCC(N(C)c2cccc(C#N)c2N)CC1. The van der Waals surface area contributed by atoms with E-state index in [1.807, 2.05) is 12.1 Å². The molecule has 0 atom stereocenters. The molecule has 1 aromatic rings. The summed E-state index contributed by atoms with van der Waals surface area (Å²) in [7, 11) is 2.10. The van der Waals surface area contributed by atoms with Crippen LogP contribution in [0.1, 0.15) is 44.6 Å². The van der Waals surface area contributed by atoms with Gasteiger partial charge in [-0.25, -0.2) is 0 Å². The average Bonchev–Trinajstić information content (AvgIpc) is 2.47. The summed E-state index contributed by atoms with van der Waals surface area (Å²) in [6.45, 7) is 2.28. The van der Waals surface area contributed by atoms with Crippen molar-refractivity contribution in [2.45, 2.75) is 45.1 Å². The van der Waals surface area contributed by atoms with Gasteiger partial charge in [-0.3, -0.25) is 0 Å². The summed E-state index contributed by atoms with van der Waals surface area (Å²) < 4.78 is 0. The highest BCUT2D eigenvalue weighted by Crippen LogP contribution is 2.34. The maximum absolute atomic E-state index is 9.05. The van der Waals surface area contributed by atoms with Gasteiger partial charge in [0.05, 0.1) is 16.9 Å². The fraction of sp³-hybridized carbons (Fsp3) is 0.562. The topological polar surface area (TPSA) is 53.0 Å². The lowest BCUT2D eigenvalue weighted by Gasteiger charge is -2.36. The lowest BCUT2D eigenvalue weighted by Crippen LogP contribution is -2.35. The predicted molar refractivity (Wildman–Crippen MR) is 80.0 cm³/mol. The van der Waals surface area contributed by atoms with Gasteiger partial charge in [0.2, 0.25) is 0 Å². The second kappa shape index (κ2) is 5.97. The zero-order valence-electron chi connectivity index (χ0n) is 11.9. The smallest absolute Gasteiger partial charge is 0.101 e. The molecule has 1 aromatic carbocycles. The van der Waals surface area contributed by atoms with Gasteiger partial charge >= 0.3 is 0 Å². The Morgan fingerprint density at radius 3 is 2.58 bits per heavy atom. The van der Waals surface area contributed by atoms with Gasteiger partial charge in [-0.2, -0.15) is 5.26 Å². The molecule has 0 unspecified atom stereocenters. The summed E-state index contributed by atoms with van der Waals surface area (Å²) in [6, 6.07) is 8.42. The Morgan fingerprint density at radius 1 is 1.32 bits per heavy atom. The van der Waals surface area contributed by atoms with Crippen molar-refractivity contribution in [2.75, 3.05) is 17.7 Å². The number of benzene rings is 1. The first-order valence-corrected chi connectivity index (χ1v) is 7.18. The molecule has 0 bridgehead atoms. The van der Waals surface area contributed by atoms with Gasteiger partial charge < -0.3 is 10.6 Å². The van der Waals surface area contributed by atoms with E-state index in [0.717, 1.165) is 11.6 Å². The van der Waals surface area contributed by atoms with Crippen LogP contribution >= 0.6 is 0 Å². The Bertz CT molecular complexity index is 467. The Hall–Kier alpha value is -1.69. The fourth-order valence-electron chi connectivity index (χ4n) is 3.10.